The van der Waals surface area contributed by atoms with Gasteiger partial charge in [0.25, 0.3) is 0 Å². The average molecular weight is 249 g/mol. The fourth-order valence-electron chi connectivity index (χ4n) is 1.54. The molecule has 0 saturated carbocycles. The maximum Gasteiger partial charge on any atom is 0.160 e. The van der Waals surface area contributed by atoms with Crippen LogP contribution in [0.2, 0.25) is 5.02 Å². The molecule has 0 aromatic heterocycles. The number of hydrogen-bond donors (Lipinski definition) is 1. The molecule has 16 heavy (non-hydrogen) atoms. The van der Waals surface area contributed by atoms with Gasteiger partial charge in [0.05, 0.1) is 6.10 Å². The second-order valence-corrected chi connectivity index (χ2v) is 4.21. The Labute approximate surface area is 99.0 Å². The highest BCUT2D eigenvalue weighted by atomic mass is 35.5. The molecule has 1 atom stereocenters. The van der Waals surface area contributed by atoms with Gasteiger partial charge < -0.3 is 5.11 Å². The van der Waals surface area contributed by atoms with Crippen molar-refractivity contribution in [2.75, 3.05) is 0 Å². The van der Waals surface area contributed by atoms with Crippen LogP contribution in [0.25, 0.3) is 0 Å². The van der Waals surface area contributed by atoms with Gasteiger partial charge in [-0.25, -0.2) is 8.78 Å². The van der Waals surface area contributed by atoms with Crippen LogP contribution in [0.15, 0.2) is 12.1 Å². The summed E-state index contributed by atoms with van der Waals surface area (Å²) in [4.78, 5) is 0. The molecule has 1 nitrogen and oxygen atoms in total. The number of rotatable bonds is 5. The predicted molar refractivity (Wildman–Crippen MR) is 60.5 cm³/mol. The maximum atomic E-state index is 13.0. The smallest absolute Gasteiger partial charge is 0.160 e. The second-order valence-electron chi connectivity index (χ2n) is 3.80. The van der Waals surface area contributed by atoms with E-state index in [2.05, 4.69) is 6.92 Å². The number of unbranched alkanes of at least 4 members (excludes halogenated alkanes) is 2. The second kappa shape index (κ2) is 6.16. The molecule has 1 aromatic rings. The van der Waals surface area contributed by atoms with Crippen molar-refractivity contribution in [1.82, 2.24) is 0 Å². The molecule has 0 amide bonds. The van der Waals surface area contributed by atoms with Gasteiger partial charge in [-0.1, -0.05) is 37.8 Å². The number of halogens is 3. The molecule has 4 heteroatoms. The van der Waals surface area contributed by atoms with E-state index in [1.54, 1.807) is 0 Å². The molecular weight excluding hydrogens is 234 g/mol. The molecule has 0 radical (unpaired) electrons. The van der Waals surface area contributed by atoms with Crippen molar-refractivity contribution in [3.05, 3.63) is 34.4 Å². The van der Waals surface area contributed by atoms with Crippen LogP contribution in [0.5, 0.6) is 0 Å². The minimum Gasteiger partial charge on any atom is -0.388 e. The van der Waals surface area contributed by atoms with Gasteiger partial charge in [-0.05, 0) is 18.6 Å². The quantitative estimate of drug-likeness (QED) is 0.611. The lowest BCUT2D eigenvalue weighted by molar-refractivity contribution is 0.163. The topological polar surface area (TPSA) is 20.2 Å². The van der Waals surface area contributed by atoms with Gasteiger partial charge in [-0.3, -0.25) is 0 Å². The molecule has 0 aliphatic carbocycles. The zero-order valence-corrected chi connectivity index (χ0v) is 9.90. The van der Waals surface area contributed by atoms with E-state index in [0.29, 0.717) is 6.42 Å². The summed E-state index contributed by atoms with van der Waals surface area (Å²) < 4.78 is 25.8. The largest absolute Gasteiger partial charge is 0.388 e. The molecule has 0 heterocycles. The van der Waals surface area contributed by atoms with Crippen molar-refractivity contribution in [3.8, 4) is 0 Å². The lowest BCUT2D eigenvalue weighted by Crippen LogP contribution is -2.00. The molecule has 1 aromatic carbocycles. The summed E-state index contributed by atoms with van der Waals surface area (Å²) in [5, 5.41) is 9.84. The van der Waals surface area contributed by atoms with Crippen LogP contribution >= 0.6 is 11.6 Å². The zero-order chi connectivity index (χ0) is 12.1. The van der Waals surface area contributed by atoms with E-state index in [-0.39, 0.29) is 10.6 Å². The highest BCUT2D eigenvalue weighted by Gasteiger charge is 2.15. The van der Waals surface area contributed by atoms with E-state index >= 15 is 0 Å². The number of benzene rings is 1. The molecule has 0 aliphatic rings. The Bertz CT molecular complexity index is 355. The zero-order valence-electron chi connectivity index (χ0n) is 9.14. The van der Waals surface area contributed by atoms with Crippen LogP contribution in [0, 0.1) is 11.6 Å². The minimum atomic E-state index is -0.991. The van der Waals surface area contributed by atoms with Crippen molar-refractivity contribution in [1.29, 1.82) is 0 Å². The summed E-state index contributed by atoms with van der Waals surface area (Å²) in [7, 11) is 0. The monoisotopic (exact) mass is 248 g/mol. The van der Waals surface area contributed by atoms with Crippen LogP contribution in [-0.2, 0) is 0 Å². The lowest BCUT2D eigenvalue weighted by Gasteiger charge is -2.12. The first-order chi connectivity index (χ1) is 7.56. The van der Waals surface area contributed by atoms with Gasteiger partial charge in [-0.2, -0.15) is 0 Å². The molecule has 0 fully saturated rings. The fraction of sp³-hybridized carbons (Fsp3) is 0.500. The Kier molecular flexibility index (Phi) is 5.16. The van der Waals surface area contributed by atoms with Gasteiger partial charge in [0, 0.05) is 10.6 Å². The van der Waals surface area contributed by atoms with Gasteiger partial charge in [0.1, 0.15) is 0 Å². The highest BCUT2D eigenvalue weighted by Crippen LogP contribution is 2.28. The molecule has 90 valence electrons. The van der Waals surface area contributed by atoms with E-state index in [0.717, 1.165) is 31.4 Å². The van der Waals surface area contributed by atoms with Crippen molar-refractivity contribution in [2.24, 2.45) is 0 Å². The van der Waals surface area contributed by atoms with Crippen molar-refractivity contribution < 1.29 is 13.9 Å². The first kappa shape index (κ1) is 13.4. The summed E-state index contributed by atoms with van der Waals surface area (Å²) in [6, 6.07) is 1.86. The molecule has 0 bridgehead atoms. The van der Waals surface area contributed by atoms with Crippen LogP contribution in [0.1, 0.15) is 44.3 Å². The fourth-order valence-corrected chi connectivity index (χ4v) is 1.81. The van der Waals surface area contributed by atoms with Crippen molar-refractivity contribution in [2.45, 2.75) is 38.7 Å². The van der Waals surface area contributed by atoms with E-state index in [1.165, 1.54) is 0 Å². The molecule has 0 spiro atoms. The van der Waals surface area contributed by atoms with Gasteiger partial charge in [0.2, 0.25) is 0 Å². The highest BCUT2D eigenvalue weighted by molar-refractivity contribution is 6.31. The van der Waals surface area contributed by atoms with E-state index < -0.39 is 17.7 Å². The predicted octanol–water partition coefficient (Wildman–Crippen LogP) is 4.23. The molecule has 1 unspecified atom stereocenters. The van der Waals surface area contributed by atoms with Gasteiger partial charge in [0.15, 0.2) is 11.6 Å². The number of hydrogen-bond acceptors (Lipinski definition) is 1. The van der Waals surface area contributed by atoms with E-state index in [1.807, 2.05) is 0 Å². The van der Waals surface area contributed by atoms with E-state index in [9.17, 15) is 13.9 Å². The first-order valence-corrected chi connectivity index (χ1v) is 5.76. The Morgan fingerprint density at radius 3 is 2.50 bits per heavy atom. The molecular formula is C12H15ClF2O. The summed E-state index contributed by atoms with van der Waals surface area (Å²) in [5.74, 6) is -1.97. The number of aliphatic hydroxyl groups excluding tert-OH is 1. The summed E-state index contributed by atoms with van der Waals surface area (Å²) in [5.41, 5.74) is 0.261. The normalized spacial score (nSPS) is 12.8. The Hall–Kier alpha value is -0.670. The number of aliphatic hydroxyl groups is 1. The third-order valence-electron chi connectivity index (χ3n) is 2.48. The van der Waals surface area contributed by atoms with Crippen LogP contribution < -0.4 is 0 Å². The Balaban J connectivity index is 2.75. The molecule has 0 aliphatic heterocycles. The SMILES string of the molecule is CCCCCC(O)c1cc(F)c(F)cc1Cl. The Morgan fingerprint density at radius 2 is 1.88 bits per heavy atom. The third kappa shape index (κ3) is 3.42. The van der Waals surface area contributed by atoms with E-state index in [4.69, 9.17) is 11.6 Å². The van der Waals surface area contributed by atoms with Crippen molar-refractivity contribution in [3.63, 3.8) is 0 Å². The van der Waals surface area contributed by atoms with Crippen LogP contribution in [0.4, 0.5) is 8.78 Å². The standard InChI is InChI=1S/C12H15ClF2O/c1-2-3-4-5-12(16)8-6-10(14)11(15)7-9(8)13/h6-7,12,16H,2-5H2,1H3. The molecule has 1 rings (SSSR count). The first-order valence-electron chi connectivity index (χ1n) is 5.38. The summed E-state index contributed by atoms with van der Waals surface area (Å²) in [6.07, 6.45) is 2.57. The third-order valence-corrected chi connectivity index (χ3v) is 2.81. The van der Waals surface area contributed by atoms with Gasteiger partial charge in [-0.15, -0.1) is 0 Å². The minimum absolute atomic E-state index is 0.0721. The van der Waals surface area contributed by atoms with Crippen LogP contribution in [-0.4, -0.2) is 5.11 Å². The summed E-state index contributed by atoms with van der Waals surface area (Å²) >= 11 is 5.74. The molecule has 0 saturated heterocycles. The van der Waals surface area contributed by atoms with Gasteiger partial charge >= 0.3 is 0 Å². The van der Waals surface area contributed by atoms with Crippen LogP contribution in [0.3, 0.4) is 0 Å². The molecule has 1 N–H and O–H groups in total. The van der Waals surface area contributed by atoms with Crippen molar-refractivity contribution >= 4 is 11.6 Å². The lowest BCUT2D eigenvalue weighted by atomic mass is 10.0. The average Bonchev–Trinajstić information content (AvgIpc) is 2.23. The summed E-state index contributed by atoms with van der Waals surface area (Å²) in [6.45, 7) is 2.05. The maximum absolute atomic E-state index is 13.0. The Morgan fingerprint density at radius 1 is 1.25 bits per heavy atom.